The lowest BCUT2D eigenvalue weighted by atomic mass is 10.3. The second-order valence-corrected chi connectivity index (χ2v) is 8.43. The van der Waals surface area contributed by atoms with Crippen LogP contribution in [-0.4, -0.2) is 32.4 Å². The molecule has 0 unspecified atom stereocenters. The zero-order valence-corrected chi connectivity index (χ0v) is 20.2. The summed E-state index contributed by atoms with van der Waals surface area (Å²) in [5.74, 6) is 1.03. The molecule has 0 radical (unpaired) electrons. The molecule has 0 saturated heterocycles. The number of halogens is 3. The van der Waals surface area contributed by atoms with Crippen molar-refractivity contribution in [1.29, 1.82) is 0 Å². The number of hydrogen-bond donors (Lipinski definition) is 2. The molecule has 2 aromatic heterocycles. The van der Waals surface area contributed by atoms with Crippen LogP contribution in [-0.2, 0) is 0 Å². The highest BCUT2D eigenvalue weighted by molar-refractivity contribution is 14.2. The largest absolute Gasteiger partial charge is 0.493 e. The number of aromatic hydroxyl groups is 1. The van der Waals surface area contributed by atoms with Crippen molar-refractivity contribution in [1.82, 2.24) is 19.9 Å². The first-order valence-corrected chi connectivity index (χ1v) is 11.5. The van der Waals surface area contributed by atoms with Gasteiger partial charge in [0.1, 0.15) is 11.6 Å². The first kappa shape index (κ1) is 25.2. The Labute approximate surface area is 177 Å². The highest BCUT2D eigenvalue weighted by Gasteiger charge is 1.91. The Balaban J connectivity index is 0. The summed E-state index contributed by atoms with van der Waals surface area (Å²) in [5.41, 5.74) is 1.75. The van der Waals surface area contributed by atoms with Crippen molar-refractivity contribution in [3.8, 4) is 5.88 Å². The molecular weight excluding hydrogens is 637 g/mol. The average Bonchev–Trinajstić information content (AvgIpc) is 2.39. The molecule has 0 aromatic carbocycles. The van der Waals surface area contributed by atoms with Gasteiger partial charge in [-0.3, -0.25) is 4.79 Å². The number of nitrogens with one attached hydrogen (secondary N) is 1. The summed E-state index contributed by atoms with van der Waals surface area (Å²) in [6, 6.07) is 2.99. The van der Waals surface area contributed by atoms with E-state index in [-0.39, 0.29) is 11.4 Å². The van der Waals surface area contributed by atoms with Crippen molar-refractivity contribution in [3.63, 3.8) is 0 Å². The van der Waals surface area contributed by atoms with E-state index in [4.69, 9.17) is 5.11 Å². The smallest absolute Gasteiger partial charge is 0.254 e. The van der Waals surface area contributed by atoms with Gasteiger partial charge >= 0.3 is 0 Å². The van der Waals surface area contributed by atoms with Crippen LogP contribution in [0.1, 0.15) is 23.0 Å². The lowest BCUT2D eigenvalue weighted by Gasteiger charge is -1.95. The lowest BCUT2D eigenvalue weighted by Crippen LogP contribution is -2.06. The standard InChI is InChI=1S/C7H10N2.C5H6N2O2.CH2I2.CH3I/c1-5-4-6(2)9-7(3)8-5;1-3-6-4(8)2-5(9)7-3;2-1-3;1-2/h4H,1-3H3;2H,1H3,(H2,6,7,8,9);1H2;1H3. The number of aryl methyl sites for hydroxylation is 4. The van der Waals surface area contributed by atoms with Gasteiger partial charge in [0, 0.05) is 11.4 Å². The molecule has 0 aliphatic carbocycles. The fraction of sp³-hybridized carbons (Fsp3) is 0.429. The molecule has 0 spiro atoms. The maximum atomic E-state index is 10.5. The summed E-state index contributed by atoms with van der Waals surface area (Å²) in [7, 11) is 0. The van der Waals surface area contributed by atoms with E-state index in [0.717, 1.165) is 23.3 Å². The van der Waals surface area contributed by atoms with E-state index in [2.05, 4.69) is 87.7 Å². The number of rotatable bonds is 0. The quantitative estimate of drug-likeness (QED) is 0.330. The number of aromatic amines is 1. The molecule has 0 saturated carbocycles. The van der Waals surface area contributed by atoms with Gasteiger partial charge in [-0.2, -0.15) is 0 Å². The second-order valence-electron chi connectivity index (χ2n) is 3.99. The third-order valence-electron chi connectivity index (χ3n) is 1.94. The maximum absolute atomic E-state index is 10.5. The highest BCUT2D eigenvalue weighted by atomic mass is 127. The minimum atomic E-state index is -0.333. The molecule has 2 aromatic rings. The van der Waals surface area contributed by atoms with Crippen LogP contribution in [0.3, 0.4) is 0 Å². The Bertz CT molecular complexity index is 547. The zero-order chi connectivity index (χ0) is 18.4. The van der Waals surface area contributed by atoms with Crippen LogP contribution in [0.15, 0.2) is 16.9 Å². The van der Waals surface area contributed by atoms with Crippen molar-refractivity contribution >= 4 is 67.8 Å². The van der Waals surface area contributed by atoms with E-state index >= 15 is 0 Å². The van der Waals surface area contributed by atoms with Gasteiger partial charge in [-0.05, 0) is 38.7 Å². The van der Waals surface area contributed by atoms with Crippen LogP contribution in [0.2, 0.25) is 0 Å². The van der Waals surface area contributed by atoms with Gasteiger partial charge in [-0.1, -0.05) is 67.8 Å². The fourth-order valence-electron chi connectivity index (χ4n) is 1.47. The molecule has 0 amide bonds. The summed E-state index contributed by atoms with van der Waals surface area (Å²) in [6.07, 6.45) is 0. The van der Waals surface area contributed by atoms with Crippen molar-refractivity contribution in [2.45, 2.75) is 27.7 Å². The van der Waals surface area contributed by atoms with Crippen LogP contribution in [0.5, 0.6) is 5.88 Å². The van der Waals surface area contributed by atoms with Gasteiger partial charge in [0.25, 0.3) is 5.56 Å². The lowest BCUT2D eigenvalue weighted by molar-refractivity contribution is 0.449. The molecule has 0 atom stereocenters. The van der Waals surface area contributed by atoms with Gasteiger partial charge < -0.3 is 10.1 Å². The Morgan fingerprint density at radius 2 is 1.43 bits per heavy atom. The SMILES string of the molecule is CI.Cc1cc(C)nc(C)n1.Cc1nc(O)cc(=O)[nH]1.ICI. The van der Waals surface area contributed by atoms with Crippen molar-refractivity contribution < 1.29 is 5.11 Å². The number of nitrogens with zero attached hydrogens (tertiary/aromatic N) is 3. The molecule has 0 aliphatic heterocycles. The number of hydrogen-bond acceptors (Lipinski definition) is 5. The van der Waals surface area contributed by atoms with Crippen LogP contribution >= 0.6 is 67.8 Å². The maximum Gasteiger partial charge on any atom is 0.254 e. The molecule has 0 bridgehead atoms. The van der Waals surface area contributed by atoms with Gasteiger partial charge in [0.15, 0.2) is 0 Å². The van der Waals surface area contributed by atoms with E-state index in [1.54, 1.807) is 6.92 Å². The van der Waals surface area contributed by atoms with Gasteiger partial charge in [-0.15, -0.1) is 0 Å². The molecule has 2 N–H and O–H groups in total. The minimum absolute atomic E-state index is 0.240. The van der Waals surface area contributed by atoms with E-state index < -0.39 is 0 Å². The number of H-pyrrole nitrogens is 1. The molecule has 130 valence electrons. The van der Waals surface area contributed by atoms with E-state index in [1.807, 2.05) is 31.8 Å². The van der Waals surface area contributed by atoms with Crippen LogP contribution < -0.4 is 5.56 Å². The Morgan fingerprint density at radius 1 is 1.00 bits per heavy atom. The van der Waals surface area contributed by atoms with Crippen molar-refractivity contribution in [2.24, 2.45) is 0 Å². The summed E-state index contributed by atoms with van der Waals surface area (Å²) < 4.78 is 1.19. The van der Waals surface area contributed by atoms with Crippen LogP contribution in [0.25, 0.3) is 0 Å². The molecule has 2 heterocycles. The van der Waals surface area contributed by atoms with Crippen LogP contribution in [0, 0.1) is 27.7 Å². The first-order valence-electron chi connectivity index (χ1n) is 6.34. The summed E-state index contributed by atoms with van der Waals surface area (Å²) in [4.78, 5) is 26.6. The van der Waals surface area contributed by atoms with Gasteiger partial charge in [0.05, 0.1) is 8.50 Å². The Hall–Kier alpha value is -0.0500. The molecule has 6 nitrogen and oxygen atoms in total. The predicted octanol–water partition coefficient (Wildman–Crippen LogP) is 4.05. The minimum Gasteiger partial charge on any atom is -0.493 e. The van der Waals surface area contributed by atoms with Crippen LogP contribution in [0.4, 0.5) is 0 Å². The van der Waals surface area contributed by atoms with Gasteiger partial charge in [-0.25, -0.2) is 15.0 Å². The fourth-order valence-corrected chi connectivity index (χ4v) is 1.47. The topological polar surface area (TPSA) is 91.8 Å². The third-order valence-corrected chi connectivity index (χ3v) is 1.94. The zero-order valence-electron chi connectivity index (χ0n) is 13.7. The van der Waals surface area contributed by atoms with Crippen molar-refractivity contribution in [2.75, 3.05) is 7.36 Å². The molecule has 0 fully saturated rings. The van der Waals surface area contributed by atoms with E-state index in [9.17, 15) is 4.79 Å². The first-order chi connectivity index (χ1) is 10.8. The highest BCUT2D eigenvalue weighted by Crippen LogP contribution is 1.96. The molecule has 23 heavy (non-hydrogen) atoms. The monoisotopic (exact) mass is 658 g/mol. The molecule has 9 heteroatoms. The third kappa shape index (κ3) is 15.2. The molecule has 0 aliphatic rings. The summed E-state index contributed by atoms with van der Waals surface area (Å²) in [6.45, 7) is 7.45. The summed E-state index contributed by atoms with van der Waals surface area (Å²) >= 11 is 6.70. The molecule has 2 rings (SSSR count). The normalized spacial score (nSPS) is 8.52. The average molecular weight is 658 g/mol. The number of alkyl halides is 3. The van der Waals surface area contributed by atoms with E-state index in [1.165, 1.54) is 2.43 Å². The molecular formula is C14H21I3N4O2. The van der Waals surface area contributed by atoms with E-state index in [0.29, 0.717) is 5.82 Å². The van der Waals surface area contributed by atoms with Crippen molar-refractivity contribution in [3.05, 3.63) is 45.5 Å². The second kappa shape index (κ2) is 15.5. The number of aromatic nitrogens is 4. The van der Waals surface area contributed by atoms with Gasteiger partial charge in [0.2, 0.25) is 5.88 Å². The Kier molecular flexibility index (Phi) is 17.0. The Morgan fingerprint density at radius 3 is 1.74 bits per heavy atom. The predicted molar refractivity (Wildman–Crippen MR) is 120 cm³/mol. The summed E-state index contributed by atoms with van der Waals surface area (Å²) in [5, 5.41) is 8.66.